The predicted molar refractivity (Wildman–Crippen MR) is 50.2 cm³/mol. The van der Waals surface area contributed by atoms with E-state index in [0.29, 0.717) is 0 Å². The third-order valence-electron chi connectivity index (χ3n) is 1.99. The lowest BCUT2D eigenvalue weighted by molar-refractivity contribution is 0.719. The molecule has 1 heteroatoms. The highest BCUT2D eigenvalue weighted by atomic mass is 14.7. The highest BCUT2D eigenvalue weighted by molar-refractivity contribution is 5.79. The standard InChI is InChI=1S/C10H17N/c1-2-3-4-6-10-7-5-8-11-9-10/h7,9H,2-6,8H2,1H3. The van der Waals surface area contributed by atoms with Gasteiger partial charge >= 0.3 is 0 Å². The summed E-state index contributed by atoms with van der Waals surface area (Å²) in [6.45, 7) is 3.24. The maximum atomic E-state index is 4.24. The van der Waals surface area contributed by atoms with Crippen molar-refractivity contribution in [2.24, 2.45) is 4.99 Å². The summed E-state index contributed by atoms with van der Waals surface area (Å²) in [7, 11) is 0. The Morgan fingerprint density at radius 1 is 1.45 bits per heavy atom. The molecule has 0 fully saturated rings. The van der Waals surface area contributed by atoms with Crippen LogP contribution in [-0.4, -0.2) is 12.8 Å². The molecule has 0 amide bonds. The zero-order valence-corrected chi connectivity index (χ0v) is 7.34. The molecule has 0 aliphatic carbocycles. The molecule has 0 N–H and O–H groups in total. The molecular weight excluding hydrogens is 134 g/mol. The Morgan fingerprint density at radius 2 is 2.36 bits per heavy atom. The number of unbranched alkanes of at least 4 members (excludes halogenated alkanes) is 2. The van der Waals surface area contributed by atoms with Crippen LogP contribution in [0.1, 0.15) is 39.0 Å². The van der Waals surface area contributed by atoms with Crippen LogP contribution >= 0.6 is 0 Å². The first kappa shape index (κ1) is 8.51. The van der Waals surface area contributed by atoms with Crippen LogP contribution in [-0.2, 0) is 0 Å². The van der Waals surface area contributed by atoms with E-state index >= 15 is 0 Å². The van der Waals surface area contributed by atoms with Crippen molar-refractivity contribution in [1.82, 2.24) is 0 Å². The van der Waals surface area contributed by atoms with Gasteiger partial charge in [-0.05, 0) is 24.8 Å². The minimum atomic E-state index is 0.997. The van der Waals surface area contributed by atoms with Crippen LogP contribution in [0, 0.1) is 0 Å². The summed E-state index contributed by atoms with van der Waals surface area (Å²) in [5, 5.41) is 0. The quantitative estimate of drug-likeness (QED) is 0.548. The molecule has 1 nitrogen and oxygen atoms in total. The van der Waals surface area contributed by atoms with E-state index in [4.69, 9.17) is 0 Å². The fraction of sp³-hybridized carbons (Fsp3) is 0.700. The average Bonchev–Trinajstić information content (AvgIpc) is 2.07. The summed E-state index contributed by atoms with van der Waals surface area (Å²) >= 11 is 0. The fourth-order valence-electron chi connectivity index (χ4n) is 1.30. The van der Waals surface area contributed by atoms with Gasteiger partial charge in [-0.15, -0.1) is 0 Å². The number of rotatable bonds is 4. The molecule has 0 radical (unpaired) electrons. The average molecular weight is 151 g/mol. The topological polar surface area (TPSA) is 12.4 Å². The Hall–Kier alpha value is -0.590. The number of hydrogen-bond acceptors (Lipinski definition) is 1. The molecule has 1 aliphatic heterocycles. The number of aliphatic imine (C=N–C) groups is 1. The lowest BCUT2D eigenvalue weighted by atomic mass is 10.1. The molecule has 0 aromatic heterocycles. The summed E-state index contributed by atoms with van der Waals surface area (Å²) in [6, 6.07) is 0. The number of nitrogens with zero attached hydrogens (tertiary/aromatic N) is 1. The van der Waals surface area contributed by atoms with Gasteiger partial charge in [0.15, 0.2) is 0 Å². The summed E-state index contributed by atoms with van der Waals surface area (Å²) < 4.78 is 0. The summed E-state index contributed by atoms with van der Waals surface area (Å²) in [5.41, 5.74) is 1.45. The SMILES string of the molecule is CCCCCC1=CCCN=C1. The van der Waals surface area contributed by atoms with E-state index in [0.717, 1.165) is 13.0 Å². The highest BCUT2D eigenvalue weighted by Gasteiger charge is 1.96. The second-order valence-corrected chi connectivity index (χ2v) is 3.06. The normalized spacial score (nSPS) is 16.6. The Bertz CT molecular complexity index is 156. The zero-order chi connectivity index (χ0) is 7.94. The Balaban J connectivity index is 2.15. The molecule has 0 unspecified atom stereocenters. The van der Waals surface area contributed by atoms with E-state index in [1.54, 1.807) is 0 Å². The van der Waals surface area contributed by atoms with E-state index in [-0.39, 0.29) is 0 Å². The molecule has 1 aliphatic rings. The second-order valence-electron chi connectivity index (χ2n) is 3.06. The summed E-state index contributed by atoms with van der Waals surface area (Å²) in [6.07, 6.45) is 10.7. The molecule has 1 heterocycles. The van der Waals surface area contributed by atoms with E-state index in [1.165, 1.54) is 31.3 Å². The minimum Gasteiger partial charge on any atom is -0.293 e. The molecule has 0 saturated carbocycles. The third-order valence-corrected chi connectivity index (χ3v) is 1.99. The summed E-state index contributed by atoms with van der Waals surface area (Å²) in [5.74, 6) is 0. The minimum absolute atomic E-state index is 0.997. The van der Waals surface area contributed by atoms with Crippen molar-refractivity contribution in [3.05, 3.63) is 11.6 Å². The smallest absolute Gasteiger partial charge is 0.0424 e. The van der Waals surface area contributed by atoms with Crippen molar-refractivity contribution in [3.63, 3.8) is 0 Å². The van der Waals surface area contributed by atoms with Crippen LogP contribution in [0.2, 0.25) is 0 Å². The van der Waals surface area contributed by atoms with Crippen molar-refractivity contribution < 1.29 is 0 Å². The van der Waals surface area contributed by atoms with Crippen LogP contribution in [0.15, 0.2) is 16.6 Å². The van der Waals surface area contributed by atoms with Crippen molar-refractivity contribution >= 4 is 6.21 Å². The zero-order valence-electron chi connectivity index (χ0n) is 7.34. The Morgan fingerprint density at radius 3 is 3.00 bits per heavy atom. The van der Waals surface area contributed by atoms with E-state index in [9.17, 15) is 0 Å². The first-order chi connectivity index (χ1) is 5.43. The van der Waals surface area contributed by atoms with Gasteiger partial charge < -0.3 is 0 Å². The molecule has 1 rings (SSSR count). The molecule has 0 bridgehead atoms. The van der Waals surface area contributed by atoms with Gasteiger partial charge in [0.1, 0.15) is 0 Å². The van der Waals surface area contributed by atoms with Crippen molar-refractivity contribution in [1.29, 1.82) is 0 Å². The van der Waals surface area contributed by atoms with E-state index < -0.39 is 0 Å². The monoisotopic (exact) mass is 151 g/mol. The third kappa shape index (κ3) is 3.35. The lowest BCUT2D eigenvalue weighted by Crippen LogP contribution is -1.94. The molecule has 62 valence electrons. The van der Waals surface area contributed by atoms with Crippen LogP contribution in [0.4, 0.5) is 0 Å². The van der Waals surface area contributed by atoms with Gasteiger partial charge in [-0.3, -0.25) is 4.99 Å². The second kappa shape index (κ2) is 5.11. The molecule has 0 saturated heterocycles. The maximum Gasteiger partial charge on any atom is 0.0424 e. The Kier molecular flexibility index (Phi) is 3.95. The van der Waals surface area contributed by atoms with Crippen LogP contribution in [0.25, 0.3) is 0 Å². The largest absolute Gasteiger partial charge is 0.293 e. The van der Waals surface area contributed by atoms with Gasteiger partial charge in [0.05, 0.1) is 0 Å². The predicted octanol–water partition coefficient (Wildman–Crippen LogP) is 2.97. The molecule has 0 aromatic rings. The van der Waals surface area contributed by atoms with Gasteiger partial charge in [0, 0.05) is 12.8 Å². The van der Waals surface area contributed by atoms with Gasteiger partial charge in [0.2, 0.25) is 0 Å². The number of allylic oxidation sites excluding steroid dienone is 1. The van der Waals surface area contributed by atoms with Crippen molar-refractivity contribution in [2.75, 3.05) is 6.54 Å². The first-order valence-corrected chi connectivity index (χ1v) is 4.62. The Labute approximate surface area is 69.2 Å². The molecule has 0 aromatic carbocycles. The van der Waals surface area contributed by atoms with Crippen LogP contribution < -0.4 is 0 Å². The number of dihydropyridines is 1. The fourth-order valence-corrected chi connectivity index (χ4v) is 1.30. The molecule has 0 atom stereocenters. The van der Waals surface area contributed by atoms with Crippen molar-refractivity contribution in [3.8, 4) is 0 Å². The lowest BCUT2D eigenvalue weighted by Gasteiger charge is -2.04. The van der Waals surface area contributed by atoms with Gasteiger partial charge in [-0.25, -0.2) is 0 Å². The highest BCUT2D eigenvalue weighted by Crippen LogP contribution is 2.10. The molecule has 0 spiro atoms. The maximum absolute atomic E-state index is 4.24. The van der Waals surface area contributed by atoms with Crippen molar-refractivity contribution in [2.45, 2.75) is 39.0 Å². The van der Waals surface area contributed by atoms with Gasteiger partial charge in [-0.2, -0.15) is 0 Å². The first-order valence-electron chi connectivity index (χ1n) is 4.62. The van der Waals surface area contributed by atoms with Gasteiger partial charge in [0.25, 0.3) is 0 Å². The van der Waals surface area contributed by atoms with E-state index in [1.807, 2.05) is 6.21 Å². The molecule has 11 heavy (non-hydrogen) atoms. The summed E-state index contributed by atoms with van der Waals surface area (Å²) in [4.78, 5) is 4.24. The van der Waals surface area contributed by atoms with Crippen LogP contribution in [0.3, 0.4) is 0 Å². The van der Waals surface area contributed by atoms with E-state index in [2.05, 4.69) is 18.0 Å². The van der Waals surface area contributed by atoms with Crippen LogP contribution in [0.5, 0.6) is 0 Å². The molecular formula is C10H17N. The van der Waals surface area contributed by atoms with Gasteiger partial charge in [-0.1, -0.05) is 25.8 Å². The number of hydrogen-bond donors (Lipinski definition) is 0.